The third kappa shape index (κ3) is 1.86. The summed E-state index contributed by atoms with van der Waals surface area (Å²) >= 11 is 0. The smallest absolute Gasteiger partial charge is 0.386 e. The number of hydrogen-bond donors (Lipinski definition) is 1. The van der Waals surface area contributed by atoms with E-state index in [0.29, 0.717) is 0 Å². The Morgan fingerprint density at radius 2 is 2.17 bits per heavy atom. The molecular weight excluding hydrogens is 175 g/mol. The summed E-state index contributed by atoms with van der Waals surface area (Å²) in [6.07, 6.45) is -4.55. The van der Waals surface area contributed by atoms with Crippen LogP contribution >= 0.6 is 0 Å². The Balaban J connectivity index is 2.80. The predicted octanol–water partition coefficient (Wildman–Crippen LogP) is 0.510. The van der Waals surface area contributed by atoms with Gasteiger partial charge in [0.25, 0.3) is 5.84 Å². The van der Waals surface area contributed by atoms with E-state index in [4.69, 9.17) is 0 Å². The van der Waals surface area contributed by atoms with Crippen molar-refractivity contribution in [2.45, 2.75) is 6.18 Å². The number of nitrogens with one attached hydrogen (secondary N) is 1. The van der Waals surface area contributed by atoms with Gasteiger partial charge < -0.3 is 10.2 Å². The van der Waals surface area contributed by atoms with Gasteiger partial charge in [-0.1, -0.05) is 5.16 Å². The molecule has 1 aliphatic heterocycles. The molecule has 0 radical (unpaired) electrons. The number of likely N-dealkylation sites (N-methyl/N-ethyl adjacent to an activating group) is 1. The second kappa shape index (κ2) is 3.00. The van der Waals surface area contributed by atoms with Crippen LogP contribution in [0.5, 0.6) is 0 Å². The van der Waals surface area contributed by atoms with Gasteiger partial charge in [0.15, 0.2) is 6.61 Å². The molecule has 0 saturated carbocycles. The summed E-state index contributed by atoms with van der Waals surface area (Å²) in [7, 11) is 1.46. The summed E-state index contributed by atoms with van der Waals surface area (Å²) in [5.41, 5.74) is 0. The number of aliphatic imine (C=N–C) groups is 1. The van der Waals surface area contributed by atoms with Crippen LogP contribution in [0.1, 0.15) is 0 Å². The number of nitrogens with zero attached hydrogens (tertiary/aromatic N) is 2. The van der Waals surface area contributed by atoms with Gasteiger partial charge in [0.1, 0.15) is 5.84 Å². The largest absolute Gasteiger partial charge is 0.455 e. The van der Waals surface area contributed by atoms with E-state index in [1.54, 1.807) is 0 Å². The van der Waals surface area contributed by atoms with Crippen LogP contribution in [0.15, 0.2) is 10.1 Å². The van der Waals surface area contributed by atoms with Crippen molar-refractivity contribution < 1.29 is 18.0 Å². The van der Waals surface area contributed by atoms with Crippen LogP contribution in [-0.2, 0) is 4.84 Å². The fourth-order valence-electron chi connectivity index (χ4n) is 0.578. The Bertz CT molecular complexity index is 233. The number of amidine groups is 2. The lowest BCUT2D eigenvalue weighted by molar-refractivity contribution is -0.0635. The van der Waals surface area contributed by atoms with E-state index in [0.717, 1.165) is 0 Å². The van der Waals surface area contributed by atoms with Gasteiger partial charge in [-0.3, -0.25) is 0 Å². The van der Waals surface area contributed by atoms with Crippen LogP contribution in [0.2, 0.25) is 0 Å². The van der Waals surface area contributed by atoms with Gasteiger partial charge in [0, 0.05) is 7.05 Å². The Labute approximate surface area is 66.1 Å². The SMILES string of the molecule is CNC1=NC(C(F)(F)F)=NOC1. The number of alkyl halides is 3. The van der Waals surface area contributed by atoms with E-state index in [-0.39, 0.29) is 12.4 Å². The fourth-order valence-corrected chi connectivity index (χ4v) is 0.578. The first-order chi connectivity index (χ1) is 5.54. The molecule has 0 saturated heterocycles. The quantitative estimate of drug-likeness (QED) is 0.591. The molecule has 1 aliphatic rings. The molecule has 68 valence electrons. The van der Waals surface area contributed by atoms with E-state index in [9.17, 15) is 13.2 Å². The summed E-state index contributed by atoms with van der Waals surface area (Å²) < 4.78 is 35.7. The molecule has 0 fully saturated rings. The molecule has 1 N–H and O–H groups in total. The third-order valence-corrected chi connectivity index (χ3v) is 1.14. The highest BCUT2D eigenvalue weighted by Crippen LogP contribution is 2.19. The van der Waals surface area contributed by atoms with Crippen LogP contribution in [-0.4, -0.2) is 31.5 Å². The molecule has 12 heavy (non-hydrogen) atoms. The van der Waals surface area contributed by atoms with Gasteiger partial charge in [0.05, 0.1) is 0 Å². The van der Waals surface area contributed by atoms with Crippen LogP contribution in [0, 0.1) is 0 Å². The molecule has 0 aromatic heterocycles. The van der Waals surface area contributed by atoms with E-state index < -0.39 is 12.0 Å². The molecule has 4 nitrogen and oxygen atoms in total. The first kappa shape index (κ1) is 8.82. The Kier molecular flexibility index (Phi) is 2.20. The maximum Gasteiger partial charge on any atom is 0.455 e. The third-order valence-electron chi connectivity index (χ3n) is 1.14. The molecule has 1 rings (SSSR count). The maximum absolute atomic E-state index is 11.9. The molecular formula is C5H6F3N3O. The van der Waals surface area contributed by atoms with Gasteiger partial charge in [0.2, 0.25) is 0 Å². The molecule has 0 bridgehead atoms. The van der Waals surface area contributed by atoms with Crippen LogP contribution in [0.25, 0.3) is 0 Å². The highest BCUT2D eigenvalue weighted by molar-refractivity contribution is 6.00. The van der Waals surface area contributed by atoms with Crippen molar-refractivity contribution >= 4 is 11.7 Å². The molecule has 0 unspecified atom stereocenters. The zero-order valence-corrected chi connectivity index (χ0v) is 6.14. The summed E-state index contributed by atoms with van der Waals surface area (Å²) in [4.78, 5) is 7.46. The molecule has 0 spiro atoms. The normalized spacial score (nSPS) is 17.7. The predicted molar refractivity (Wildman–Crippen MR) is 35.9 cm³/mol. The molecule has 0 amide bonds. The summed E-state index contributed by atoms with van der Waals surface area (Å²) in [6, 6.07) is 0. The van der Waals surface area contributed by atoms with Crippen molar-refractivity contribution in [2.75, 3.05) is 13.7 Å². The van der Waals surface area contributed by atoms with Crippen molar-refractivity contribution in [1.29, 1.82) is 0 Å². The lowest BCUT2D eigenvalue weighted by Crippen LogP contribution is -2.32. The average molecular weight is 181 g/mol. The lowest BCUT2D eigenvalue weighted by Gasteiger charge is -2.12. The van der Waals surface area contributed by atoms with E-state index in [1.807, 2.05) is 0 Å². The summed E-state index contributed by atoms with van der Waals surface area (Å²) in [6.45, 7) is -0.0594. The number of oxime groups is 1. The number of hydrogen-bond acceptors (Lipinski definition) is 4. The van der Waals surface area contributed by atoms with Crippen LogP contribution < -0.4 is 5.32 Å². The van der Waals surface area contributed by atoms with Crippen LogP contribution in [0.4, 0.5) is 13.2 Å². The average Bonchev–Trinajstić information content (AvgIpc) is 2.03. The highest BCUT2D eigenvalue weighted by Gasteiger charge is 2.38. The van der Waals surface area contributed by atoms with Crippen molar-refractivity contribution in [2.24, 2.45) is 10.1 Å². The standard InChI is InChI=1S/C5H6F3N3O/c1-9-3-2-12-11-4(10-3)5(6,7)8/h2H2,1H3,(H,9,10,11). The van der Waals surface area contributed by atoms with E-state index in [2.05, 4.69) is 20.3 Å². The molecule has 0 atom stereocenters. The molecule has 0 aromatic carbocycles. The van der Waals surface area contributed by atoms with Gasteiger partial charge >= 0.3 is 6.18 Å². The number of rotatable bonds is 0. The molecule has 0 aliphatic carbocycles. The lowest BCUT2D eigenvalue weighted by atomic mass is 10.5. The zero-order chi connectivity index (χ0) is 9.19. The summed E-state index contributed by atoms with van der Waals surface area (Å²) in [5.74, 6) is -1.16. The molecule has 0 aromatic rings. The van der Waals surface area contributed by atoms with Crippen molar-refractivity contribution in [3.8, 4) is 0 Å². The topological polar surface area (TPSA) is 46.0 Å². The highest BCUT2D eigenvalue weighted by atomic mass is 19.4. The van der Waals surface area contributed by atoms with Gasteiger partial charge in [-0.25, -0.2) is 4.99 Å². The summed E-state index contributed by atoms with van der Waals surface area (Å²) in [5, 5.41) is 5.21. The first-order valence-corrected chi connectivity index (χ1v) is 3.06. The monoisotopic (exact) mass is 181 g/mol. The number of halogens is 3. The second-order valence-electron chi connectivity index (χ2n) is 1.99. The Morgan fingerprint density at radius 1 is 1.50 bits per heavy atom. The minimum Gasteiger partial charge on any atom is -0.386 e. The van der Waals surface area contributed by atoms with Gasteiger partial charge in [-0.15, -0.1) is 0 Å². The van der Waals surface area contributed by atoms with E-state index in [1.165, 1.54) is 7.05 Å². The minimum atomic E-state index is -4.55. The van der Waals surface area contributed by atoms with Gasteiger partial charge in [-0.05, 0) is 0 Å². The Hall–Kier alpha value is -1.27. The zero-order valence-electron chi connectivity index (χ0n) is 6.14. The van der Waals surface area contributed by atoms with Crippen LogP contribution in [0.3, 0.4) is 0 Å². The maximum atomic E-state index is 11.9. The molecule has 1 heterocycles. The van der Waals surface area contributed by atoms with Gasteiger partial charge in [-0.2, -0.15) is 13.2 Å². The Morgan fingerprint density at radius 3 is 2.67 bits per heavy atom. The molecule has 7 heteroatoms. The second-order valence-corrected chi connectivity index (χ2v) is 1.99. The minimum absolute atomic E-state index is 0.0594. The van der Waals surface area contributed by atoms with Crippen molar-refractivity contribution in [1.82, 2.24) is 5.32 Å². The first-order valence-electron chi connectivity index (χ1n) is 3.06. The van der Waals surface area contributed by atoms with E-state index >= 15 is 0 Å². The fraction of sp³-hybridized carbons (Fsp3) is 0.600. The van der Waals surface area contributed by atoms with Crippen molar-refractivity contribution in [3.63, 3.8) is 0 Å². The van der Waals surface area contributed by atoms with Crippen molar-refractivity contribution in [3.05, 3.63) is 0 Å².